The fraction of sp³-hybridized carbons (Fsp3) is 0.743. The predicted molar refractivity (Wildman–Crippen MR) is 162 cm³/mol. The van der Waals surface area contributed by atoms with Gasteiger partial charge in [0.2, 0.25) is 0 Å². The van der Waals surface area contributed by atoms with Crippen molar-refractivity contribution in [2.24, 2.45) is 5.92 Å². The summed E-state index contributed by atoms with van der Waals surface area (Å²) in [5.41, 5.74) is 2.80. The maximum atomic E-state index is 10.7. The molecular formula is C35H58O3. The molecule has 0 bridgehead atoms. The fourth-order valence-electron chi connectivity index (χ4n) is 5.47. The van der Waals surface area contributed by atoms with E-state index in [0.29, 0.717) is 0 Å². The van der Waals surface area contributed by atoms with Crippen molar-refractivity contribution < 1.29 is 14.3 Å². The van der Waals surface area contributed by atoms with E-state index in [4.69, 9.17) is 9.47 Å². The normalized spacial score (nSPS) is 16.9. The van der Waals surface area contributed by atoms with E-state index in [2.05, 4.69) is 37.3 Å². The smallest absolute Gasteiger partial charge is 0.199 e. The van der Waals surface area contributed by atoms with E-state index in [9.17, 15) is 4.79 Å². The molecule has 1 heterocycles. The number of rotatable bonds is 23. The van der Waals surface area contributed by atoms with Crippen LogP contribution in [0.15, 0.2) is 35.9 Å². The predicted octanol–water partition coefficient (Wildman–Crippen LogP) is 10.5. The Balaban J connectivity index is 1.29. The van der Waals surface area contributed by atoms with Crippen molar-refractivity contribution in [1.29, 1.82) is 0 Å². The molecule has 1 aromatic carbocycles. The van der Waals surface area contributed by atoms with Gasteiger partial charge in [-0.25, -0.2) is 0 Å². The highest BCUT2D eigenvalue weighted by atomic mass is 16.7. The van der Waals surface area contributed by atoms with Crippen LogP contribution in [0.5, 0.6) is 5.75 Å². The second-order valence-electron chi connectivity index (χ2n) is 11.7. The van der Waals surface area contributed by atoms with Crippen molar-refractivity contribution in [1.82, 2.24) is 0 Å². The molecule has 0 spiro atoms. The Morgan fingerprint density at radius 1 is 0.816 bits per heavy atom. The molecule has 38 heavy (non-hydrogen) atoms. The van der Waals surface area contributed by atoms with E-state index in [-0.39, 0.29) is 12.2 Å². The van der Waals surface area contributed by atoms with E-state index < -0.39 is 0 Å². The Hall–Kier alpha value is -1.61. The first-order chi connectivity index (χ1) is 18.7. The van der Waals surface area contributed by atoms with Gasteiger partial charge in [0.05, 0.1) is 6.61 Å². The highest BCUT2D eigenvalue weighted by Gasteiger charge is 2.14. The second kappa shape index (κ2) is 22.2. The number of benzene rings is 1. The molecule has 1 aromatic rings. The van der Waals surface area contributed by atoms with Crippen LogP contribution in [-0.4, -0.2) is 19.2 Å². The SMILES string of the molecule is C/C(=C\[C@@H](C)C=O)CCCCCCCCCCCCCCCCCCc1ccc(OC2CCCCO2)cc1. The third kappa shape index (κ3) is 17.1. The standard InChI is InChI=1S/C35H58O3/c1-31(29-32(2)30-36)21-17-15-13-11-9-7-5-3-4-6-8-10-12-14-16-18-22-33-24-26-34(27-25-33)38-35-23-19-20-28-37-35/h24-27,29-30,32,35H,3-23,28H2,1-2H3/b31-29+/t32-,35?/m1/s1. The van der Waals surface area contributed by atoms with Gasteiger partial charge in [-0.05, 0) is 63.1 Å². The highest BCUT2D eigenvalue weighted by Crippen LogP contribution is 2.21. The molecule has 1 unspecified atom stereocenters. The Kier molecular flexibility index (Phi) is 19.1. The van der Waals surface area contributed by atoms with Gasteiger partial charge in [-0.15, -0.1) is 0 Å². The summed E-state index contributed by atoms with van der Waals surface area (Å²) in [5.74, 6) is 1.01. The number of ether oxygens (including phenoxy) is 2. The van der Waals surface area contributed by atoms with Crippen LogP contribution in [0.4, 0.5) is 0 Å². The quantitative estimate of drug-likeness (QED) is 0.0808. The molecule has 0 amide bonds. The zero-order valence-electron chi connectivity index (χ0n) is 24.9. The van der Waals surface area contributed by atoms with Gasteiger partial charge in [0.25, 0.3) is 0 Å². The molecule has 1 aliphatic heterocycles. The van der Waals surface area contributed by atoms with Crippen LogP contribution in [0, 0.1) is 5.92 Å². The van der Waals surface area contributed by atoms with Crippen LogP contribution >= 0.6 is 0 Å². The lowest BCUT2D eigenvalue weighted by atomic mass is 10.0. The van der Waals surface area contributed by atoms with Crippen molar-refractivity contribution in [2.75, 3.05) is 6.61 Å². The van der Waals surface area contributed by atoms with E-state index in [1.165, 1.54) is 127 Å². The number of hydrogen-bond acceptors (Lipinski definition) is 3. The number of carbonyl (C=O) groups is 1. The monoisotopic (exact) mass is 526 g/mol. The molecule has 1 fully saturated rings. The van der Waals surface area contributed by atoms with Crippen molar-refractivity contribution in [2.45, 2.75) is 155 Å². The molecule has 0 saturated carbocycles. The lowest BCUT2D eigenvalue weighted by Crippen LogP contribution is -2.24. The average Bonchev–Trinajstić information content (AvgIpc) is 2.93. The molecule has 3 nitrogen and oxygen atoms in total. The second-order valence-corrected chi connectivity index (χ2v) is 11.7. The van der Waals surface area contributed by atoms with E-state index >= 15 is 0 Å². The zero-order chi connectivity index (χ0) is 27.1. The van der Waals surface area contributed by atoms with Crippen molar-refractivity contribution in [3.05, 3.63) is 41.5 Å². The summed E-state index contributed by atoms with van der Waals surface area (Å²) in [6.45, 7) is 4.95. The first-order valence-corrected chi connectivity index (χ1v) is 16.2. The van der Waals surface area contributed by atoms with E-state index in [1.54, 1.807) is 0 Å². The summed E-state index contributed by atoms with van der Waals surface area (Å²) in [4.78, 5) is 10.7. The van der Waals surface area contributed by atoms with Crippen LogP contribution in [0.25, 0.3) is 0 Å². The highest BCUT2D eigenvalue weighted by molar-refractivity contribution is 5.56. The van der Waals surface area contributed by atoms with Crippen LogP contribution in [-0.2, 0) is 16.0 Å². The molecule has 216 valence electrons. The summed E-state index contributed by atoms with van der Waals surface area (Å²) in [7, 11) is 0. The number of aryl methyl sites for hydroxylation is 1. The van der Waals surface area contributed by atoms with Crippen LogP contribution < -0.4 is 4.74 Å². The zero-order valence-corrected chi connectivity index (χ0v) is 24.9. The summed E-state index contributed by atoms with van der Waals surface area (Å²) in [6.07, 6.45) is 30.9. The Bertz CT molecular complexity index is 717. The topological polar surface area (TPSA) is 35.5 Å². The first kappa shape index (κ1) is 32.6. The Labute approximate surface area is 235 Å². The maximum absolute atomic E-state index is 10.7. The van der Waals surface area contributed by atoms with Gasteiger partial charge in [-0.2, -0.15) is 0 Å². The molecule has 2 atom stereocenters. The minimum Gasteiger partial charge on any atom is -0.465 e. The van der Waals surface area contributed by atoms with Gasteiger partial charge < -0.3 is 14.3 Å². The van der Waals surface area contributed by atoms with Crippen LogP contribution in [0.1, 0.15) is 148 Å². The number of aldehydes is 1. The number of carbonyl (C=O) groups excluding carboxylic acids is 1. The van der Waals surface area contributed by atoms with Crippen LogP contribution in [0.3, 0.4) is 0 Å². The lowest BCUT2D eigenvalue weighted by molar-refractivity contribution is -0.109. The van der Waals surface area contributed by atoms with Gasteiger partial charge in [0.15, 0.2) is 6.29 Å². The van der Waals surface area contributed by atoms with Crippen molar-refractivity contribution in [3.8, 4) is 5.75 Å². The molecule has 2 rings (SSSR count). The minimum absolute atomic E-state index is 0.0518. The molecule has 3 heteroatoms. The van der Waals surface area contributed by atoms with E-state index in [0.717, 1.165) is 37.9 Å². The molecule has 0 N–H and O–H groups in total. The summed E-state index contributed by atoms with van der Waals surface area (Å²) < 4.78 is 11.6. The molecule has 0 aromatic heterocycles. The minimum atomic E-state index is -0.0518. The fourth-order valence-corrected chi connectivity index (χ4v) is 5.47. The average molecular weight is 527 g/mol. The third-order valence-electron chi connectivity index (χ3n) is 7.88. The van der Waals surface area contributed by atoms with E-state index in [1.807, 2.05) is 6.92 Å². The van der Waals surface area contributed by atoms with Gasteiger partial charge in [0, 0.05) is 12.3 Å². The molecule has 1 aliphatic rings. The molecule has 0 radical (unpaired) electrons. The largest absolute Gasteiger partial charge is 0.465 e. The molecular weight excluding hydrogens is 468 g/mol. The number of hydrogen-bond donors (Lipinski definition) is 0. The summed E-state index contributed by atoms with van der Waals surface area (Å²) in [6, 6.07) is 8.65. The summed E-state index contributed by atoms with van der Waals surface area (Å²) >= 11 is 0. The Morgan fingerprint density at radius 2 is 1.34 bits per heavy atom. The van der Waals surface area contributed by atoms with Gasteiger partial charge >= 0.3 is 0 Å². The van der Waals surface area contributed by atoms with Gasteiger partial charge in [-0.3, -0.25) is 0 Å². The molecule has 1 saturated heterocycles. The Morgan fingerprint density at radius 3 is 1.84 bits per heavy atom. The number of allylic oxidation sites excluding steroid dienone is 2. The molecule has 0 aliphatic carbocycles. The lowest BCUT2D eigenvalue weighted by Gasteiger charge is -2.23. The van der Waals surface area contributed by atoms with Crippen molar-refractivity contribution >= 4 is 6.29 Å². The maximum Gasteiger partial charge on any atom is 0.199 e. The van der Waals surface area contributed by atoms with Gasteiger partial charge in [0.1, 0.15) is 12.0 Å². The number of unbranched alkanes of at least 4 members (excludes halogenated alkanes) is 15. The first-order valence-electron chi connectivity index (χ1n) is 16.2. The van der Waals surface area contributed by atoms with Crippen molar-refractivity contribution in [3.63, 3.8) is 0 Å². The summed E-state index contributed by atoms with van der Waals surface area (Å²) in [5, 5.41) is 0. The van der Waals surface area contributed by atoms with Gasteiger partial charge in [-0.1, -0.05) is 121 Å². The third-order valence-corrected chi connectivity index (χ3v) is 7.88. The van der Waals surface area contributed by atoms with Crippen LogP contribution in [0.2, 0.25) is 0 Å².